The number of ether oxygens (including phenoxy) is 1. The Hall–Kier alpha value is -3.28. The van der Waals surface area contributed by atoms with Crippen LogP contribution in [0.5, 0.6) is 5.75 Å². The number of rotatable bonds is 6. The molecule has 2 aromatic carbocycles. The van der Waals surface area contributed by atoms with Gasteiger partial charge in [-0.1, -0.05) is 32.0 Å². The Kier molecular flexibility index (Phi) is 5.74. The van der Waals surface area contributed by atoms with Crippen LogP contribution in [0.1, 0.15) is 50.3 Å². The summed E-state index contributed by atoms with van der Waals surface area (Å²) in [5, 5.41) is 6.48. The molecule has 0 saturated carbocycles. The summed E-state index contributed by atoms with van der Waals surface area (Å²) in [5.41, 5.74) is 4.53. The Bertz CT molecular complexity index is 1090. The number of nitrogens with zero attached hydrogens (tertiary/aromatic N) is 4. The molecular formula is C24H26N4O2. The Balaban J connectivity index is 1.74. The SMILES string of the molecule is CCC(CC)C(=O)N1N=C(c2cccc(OC)c2)C[C@@H]1c1ccc2nccnc2c1. The van der Waals surface area contributed by atoms with Crippen LogP contribution in [0, 0.1) is 5.92 Å². The largest absolute Gasteiger partial charge is 0.497 e. The number of carbonyl (C=O) groups is 1. The van der Waals surface area contributed by atoms with Gasteiger partial charge in [-0.25, -0.2) is 5.01 Å². The summed E-state index contributed by atoms with van der Waals surface area (Å²) in [6.07, 6.45) is 5.61. The topological polar surface area (TPSA) is 67.7 Å². The normalized spacial score (nSPS) is 16.2. The van der Waals surface area contributed by atoms with Gasteiger partial charge >= 0.3 is 0 Å². The highest BCUT2D eigenvalue weighted by Crippen LogP contribution is 2.36. The Morgan fingerprint density at radius 2 is 1.87 bits per heavy atom. The third-order valence-corrected chi connectivity index (χ3v) is 5.75. The minimum atomic E-state index is -0.161. The van der Waals surface area contributed by atoms with Crippen LogP contribution in [0.4, 0.5) is 0 Å². The van der Waals surface area contributed by atoms with E-state index in [1.165, 1.54) is 0 Å². The van der Waals surface area contributed by atoms with Crippen molar-refractivity contribution < 1.29 is 9.53 Å². The monoisotopic (exact) mass is 402 g/mol. The van der Waals surface area contributed by atoms with Crippen LogP contribution in [-0.2, 0) is 4.79 Å². The number of methoxy groups -OCH3 is 1. The molecule has 0 radical (unpaired) electrons. The first-order valence-corrected chi connectivity index (χ1v) is 10.4. The van der Waals surface area contributed by atoms with Gasteiger partial charge in [0.05, 0.1) is 29.9 Å². The molecule has 1 amide bonds. The highest BCUT2D eigenvalue weighted by Gasteiger charge is 2.35. The second kappa shape index (κ2) is 8.61. The van der Waals surface area contributed by atoms with Gasteiger partial charge in [0, 0.05) is 30.3 Å². The van der Waals surface area contributed by atoms with Crippen LogP contribution < -0.4 is 4.74 Å². The van der Waals surface area contributed by atoms with Crippen molar-refractivity contribution in [3.05, 3.63) is 66.0 Å². The van der Waals surface area contributed by atoms with Crippen molar-refractivity contribution in [3.63, 3.8) is 0 Å². The fourth-order valence-electron chi connectivity index (χ4n) is 3.96. The minimum Gasteiger partial charge on any atom is -0.497 e. The number of hydrazone groups is 1. The molecule has 1 atom stereocenters. The maximum atomic E-state index is 13.3. The molecule has 0 bridgehead atoms. The van der Waals surface area contributed by atoms with Crippen molar-refractivity contribution in [1.29, 1.82) is 0 Å². The van der Waals surface area contributed by atoms with Crippen molar-refractivity contribution in [2.24, 2.45) is 11.0 Å². The summed E-state index contributed by atoms with van der Waals surface area (Å²) in [5.74, 6) is 0.806. The van der Waals surface area contributed by atoms with Crippen LogP contribution in [0.2, 0.25) is 0 Å². The highest BCUT2D eigenvalue weighted by molar-refractivity contribution is 6.03. The molecule has 0 aliphatic carbocycles. The average molecular weight is 402 g/mol. The van der Waals surface area contributed by atoms with Crippen LogP contribution in [0.25, 0.3) is 11.0 Å². The maximum absolute atomic E-state index is 13.3. The lowest BCUT2D eigenvalue weighted by Gasteiger charge is -2.25. The summed E-state index contributed by atoms with van der Waals surface area (Å²) in [6.45, 7) is 4.10. The highest BCUT2D eigenvalue weighted by atomic mass is 16.5. The van der Waals surface area contributed by atoms with Gasteiger partial charge in [-0.3, -0.25) is 14.8 Å². The average Bonchev–Trinajstić information content (AvgIpc) is 3.25. The van der Waals surface area contributed by atoms with Crippen molar-refractivity contribution >= 4 is 22.7 Å². The zero-order valence-corrected chi connectivity index (χ0v) is 17.6. The first kappa shape index (κ1) is 20.0. The number of amides is 1. The standard InChI is InChI=1S/C24H26N4O2/c1-4-16(5-2)24(29)28-23(18-9-10-20-22(14-18)26-12-11-25-20)15-21(27-28)17-7-6-8-19(13-17)30-3/h6-14,16,23H,4-5,15H2,1-3H3/t23-/m1/s1. The van der Waals surface area contributed by atoms with Crippen LogP contribution in [-0.4, -0.2) is 33.7 Å². The molecule has 6 heteroatoms. The third-order valence-electron chi connectivity index (χ3n) is 5.75. The molecule has 1 aliphatic rings. The summed E-state index contributed by atoms with van der Waals surface area (Å²) in [7, 11) is 1.65. The van der Waals surface area contributed by atoms with Crippen LogP contribution >= 0.6 is 0 Å². The van der Waals surface area contributed by atoms with E-state index >= 15 is 0 Å². The molecule has 6 nitrogen and oxygen atoms in total. The smallest absolute Gasteiger partial charge is 0.246 e. The number of hydrogen-bond acceptors (Lipinski definition) is 5. The quantitative estimate of drug-likeness (QED) is 0.597. The van der Waals surface area contributed by atoms with Crippen LogP contribution in [0.3, 0.4) is 0 Å². The van der Waals surface area contributed by atoms with Gasteiger partial charge in [-0.15, -0.1) is 0 Å². The molecule has 4 rings (SSSR count). The maximum Gasteiger partial charge on any atom is 0.246 e. The zero-order chi connectivity index (χ0) is 21.1. The lowest BCUT2D eigenvalue weighted by Crippen LogP contribution is -2.32. The van der Waals surface area contributed by atoms with Gasteiger partial charge in [0.15, 0.2) is 0 Å². The molecule has 3 aromatic rings. The molecule has 2 heterocycles. The van der Waals surface area contributed by atoms with E-state index in [-0.39, 0.29) is 17.9 Å². The van der Waals surface area contributed by atoms with E-state index in [0.29, 0.717) is 6.42 Å². The molecule has 1 aromatic heterocycles. The van der Waals surface area contributed by atoms with E-state index in [1.807, 2.05) is 42.5 Å². The van der Waals surface area contributed by atoms with Crippen molar-refractivity contribution in [3.8, 4) is 5.75 Å². The van der Waals surface area contributed by atoms with Gasteiger partial charge in [0.25, 0.3) is 0 Å². The van der Waals surface area contributed by atoms with E-state index in [1.54, 1.807) is 24.5 Å². The van der Waals surface area contributed by atoms with Gasteiger partial charge in [0.1, 0.15) is 5.75 Å². The van der Waals surface area contributed by atoms with Crippen molar-refractivity contribution in [2.75, 3.05) is 7.11 Å². The third kappa shape index (κ3) is 3.77. The van der Waals surface area contributed by atoms with E-state index in [2.05, 4.69) is 23.8 Å². The molecule has 1 aliphatic heterocycles. The molecule has 0 spiro atoms. The van der Waals surface area contributed by atoms with E-state index in [4.69, 9.17) is 9.84 Å². The lowest BCUT2D eigenvalue weighted by atomic mass is 9.96. The Labute approximate surface area is 176 Å². The molecular weight excluding hydrogens is 376 g/mol. The summed E-state index contributed by atoms with van der Waals surface area (Å²) in [4.78, 5) is 22.1. The molecule has 30 heavy (non-hydrogen) atoms. The molecule has 0 fully saturated rings. The van der Waals surface area contributed by atoms with Gasteiger partial charge in [-0.05, 0) is 42.7 Å². The summed E-state index contributed by atoms with van der Waals surface area (Å²) >= 11 is 0. The number of hydrogen-bond donors (Lipinski definition) is 0. The second-order valence-electron chi connectivity index (χ2n) is 7.50. The number of carbonyl (C=O) groups excluding carboxylic acids is 1. The van der Waals surface area contributed by atoms with Gasteiger partial charge in [-0.2, -0.15) is 5.10 Å². The predicted octanol–water partition coefficient (Wildman–Crippen LogP) is 4.75. The van der Waals surface area contributed by atoms with Gasteiger partial charge in [0.2, 0.25) is 5.91 Å². The molecule has 0 saturated heterocycles. The molecule has 0 N–H and O–H groups in total. The molecule has 154 valence electrons. The van der Waals surface area contributed by atoms with E-state index < -0.39 is 0 Å². The predicted molar refractivity (Wildman–Crippen MR) is 117 cm³/mol. The summed E-state index contributed by atoms with van der Waals surface area (Å²) in [6, 6.07) is 13.7. The van der Waals surface area contributed by atoms with Crippen LogP contribution in [0.15, 0.2) is 60.0 Å². The second-order valence-corrected chi connectivity index (χ2v) is 7.50. The van der Waals surface area contributed by atoms with Gasteiger partial charge < -0.3 is 4.74 Å². The minimum absolute atomic E-state index is 0.0406. The summed E-state index contributed by atoms with van der Waals surface area (Å²) < 4.78 is 5.37. The van der Waals surface area contributed by atoms with E-state index in [9.17, 15) is 4.79 Å². The Morgan fingerprint density at radius 1 is 1.10 bits per heavy atom. The number of benzene rings is 2. The first-order valence-electron chi connectivity index (χ1n) is 10.4. The fourth-order valence-corrected chi connectivity index (χ4v) is 3.96. The molecule has 0 unspecified atom stereocenters. The van der Waals surface area contributed by atoms with E-state index in [0.717, 1.165) is 46.5 Å². The van der Waals surface area contributed by atoms with Crippen molar-refractivity contribution in [2.45, 2.75) is 39.2 Å². The number of aromatic nitrogens is 2. The first-order chi connectivity index (χ1) is 14.6. The Morgan fingerprint density at radius 3 is 2.60 bits per heavy atom. The lowest BCUT2D eigenvalue weighted by molar-refractivity contribution is -0.137. The zero-order valence-electron chi connectivity index (χ0n) is 17.6. The number of fused-ring (bicyclic) bond motifs is 1. The van der Waals surface area contributed by atoms with Crippen molar-refractivity contribution in [1.82, 2.24) is 15.0 Å². The fraction of sp³-hybridized carbons (Fsp3) is 0.333.